The smallest absolute Gasteiger partial charge is 0.259 e. The van der Waals surface area contributed by atoms with Gasteiger partial charge in [-0.2, -0.15) is 4.37 Å². The largest absolute Gasteiger partial charge is 0.506 e. The Hall–Kier alpha value is -2.02. The first-order valence-corrected chi connectivity index (χ1v) is 5.18. The molecule has 0 aliphatic heterocycles. The van der Waals surface area contributed by atoms with Crippen LogP contribution in [-0.2, 0) is 0 Å². The van der Waals surface area contributed by atoms with Gasteiger partial charge in [0, 0.05) is 17.7 Å². The summed E-state index contributed by atoms with van der Waals surface area (Å²) < 4.78 is 3.93. The van der Waals surface area contributed by atoms with Gasteiger partial charge in [-0.25, -0.2) is 4.98 Å². The van der Waals surface area contributed by atoms with Crippen molar-refractivity contribution in [3.8, 4) is 5.75 Å². The molecule has 2 aromatic rings. The van der Waals surface area contributed by atoms with Gasteiger partial charge in [-0.1, -0.05) is 0 Å². The zero-order valence-electron chi connectivity index (χ0n) is 8.34. The number of amides is 1. The lowest BCUT2D eigenvalue weighted by Crippen LogP contribution is -2.11. The van der Waals surface area contributed by atoms with Crippen LogP contribution in [-0.4, -0.2) is 25.4 Å². The van der Waals surface area contributed by atoms with Gasteiger partial charge in [0.25, 0.3) is 5.91 Å². The molecule has 0 aliphatic rings. The summed E-state index contributed by atoms with van der Waals surface area (Å²) in [6, 6.07) is 1.33. The number of anilines is 1. The van der Waals surface area contributed by atoms with Crippen molar-refractivity contribution in [2.24, 2.45) is 0 Å². The fourth-order valence-corrected chi connectivity index (χ4v) is 1.64. The Bertz CT molecular complexity index is 526. The van der Waals surface area contributed by atoms with Crippen molar-refractivity contribution in [1.82, 2.24) is 14.3 Å². The van der Waals surface area contributed by atoms with E-state index in [4.69, 9.17) is 5.11 Å². The Kier molecular flexibility index (Phi) is 2.78. The normalized spacial score (nSPS) is 10.1. The summed E-state index contributed by atoms with van der Waals surface area (Å²) in [5, 5.41) is 12.1. The molecule has 0 unspecified atom stereocenters. The van der Waals surface area contributed by atoms with Crippen LogP contribution in [0.15, 0.2) is 18.5 Å². The molecule has 2 aromatic heterocycles. The van der Waals surface area contributed by atoms with Crippen LogP contribution in [0.2, 0.25) is 0 Å². The summed E-state index contributed by atoms with van der Waals surface area (Å²) in [5.41, 5.74) is 0.271. The Morgan fingerprint density at radius 2 is 2.31 bits per heavy atom. The second kappa shape index (κ2) is 4.23. The second-order valence-electron chi connectivity index (χ2n) is 3.03. The molecule has 2 rings (SSSR count). The van der Waals surface area contributed by atoms with Gasteiger partial charge in [-0.3, -0.25) is 15.1 Å². The van der Waals surface area contributed by atoms with Crippen molar-refractivity contribution in [3.05, 3.63) is 29.8 Å². The van der Waals surface area contributed by atoms with Crippen molar-refractivity contribution in [2.75, 3.05) is 5.32 Å². The maximum Gasteiger partial charge on any atom is 0.259 e. The maximum atomic E-state index is 11.7. The van der Waals surface area contributed by atoms with Gasteiger partial charge >= 0.3 is 0 Å². The standard InChI is InChI=1S/C9H8N4O2S/c1-5-11-9(16-13-5)12-8(15)6-2-7(14)4-10-3-6/h2-4,14H,1H3,(H,11,12,13,15). The van der Waals surface area contributed by atoms with E-state index in [1.54, 1.807) is 6.92 Å². The minimum absolute atomic E-state index is 0.0545. The lowest BCUT2D eigenvalue weighted by molar-refractivity contribution is 0.102. The van der Waals surface area contributed by atoms with E-state index in [1.807, 2.05) is 0 Å². The van der Waals surface area contributed by atoms with Gasteiger partial charge in [0.05, 0.1) is 11.8 Å². The van der Waals surface area contributed by atoms with Crippen LogP contribution in [0.25, 0.3) is 0 Å². The lowest BCUT2D eigenvalue weighted by Gasteiger charge is -2.00. The Morgan fingerprint density at radius 1 is 1.50 bits per heavy atom. The van der Waals surface area contributed by atoms with Gasteiger partial charge in [-0.05, 0) is 13.0 Å². The molecule has 0 radical (unpaired) electrons. The fourth-order valence-electron chi connectivity index (χ4n) is 1.07. The average Bonchev–Trinajstić information content (AvgIpc) is 2.64. The van der Waals surface area contributed by atoms with Crippen LogP contribution in [0, 0.1) is 6.92 Å². The molecular weight excluding hydrogens is 228 g/mol. The molecule has 0 aliphatic carbocycles. The number of rotatable bonds is 2. The minimum atomic E-state index is -0.375. The van der Waals surface area contributed by atoms with E-state index in [1.165, 1.54) is 18.5 Å². The number of carbonyl (C=O) groups excluding carboxylic acids is 1. The molecule has 1 amide bonds. The molecule has 6 nitrogen and oxygen atoms in total. The summed E-state index contributed by atoms with van der Waals surface area (Å²) in [5.74, 6) is 0.176. The van der Waals surface area contributed by atoms with Crippen LogP contribution in [0.4, 0.5) is 5.13 Å². The Morgan fingerprint density at radius 3 is 2.94 bits per heavy atom. The SMILES string of the molecule is Cc1nsc(NC(=O)c2cncc(O)c2)n1. The average molecular weight is 236 g/mol. The number of aryl methyl sites for hydroxylation is 1. The predicted octanol–water partition coefficient (Wildman–Crippen LogP) is 1.20. The van der Waals surface area contributed by atoms with Crippen molar-refractivity contribution in [1.29, 1.82) is 0 Å². The second-order valence-corrected chi connectivity index (χ2v) is 3.78. The fraction of sp³-hybridized carbons (Fsp3) is 0.111. The number of nitrogens with one attached hydrogen (secondary N) is 1. The van der Waals surface area contributed by atoms with E-state index in [9.17, 15) is 4.79 Å². The molecule has 0 fully saturated rings. The molecule has 82 valence electrons. The maximum absolute atomic E-state index is 11.7. The van der Waals surface area contributed by atoms with Gasteiger partial charge < -0.3 is 5.11 Å². The Balaban J connectivity index is 2.14. The molecule has 0 bridgehead atoms. The van der Waals surface area contributed by atoms with E-state index in [0.717, 1.165) is 11.5 Å². The van der Waals surface area contributed by atoms with E-state index in [0.29, 0.717) is 11.0 Å². The lowest BCUT2D eigenvalue weighted by atomic mass is 10.2. The van der Waals surface area contributed by atoms with Gasteiger partial charge in [0.15, 0.2) is 0 Å². The van der Waals surface area contributed by atoms with Gasteiger partial charge in [0.1, 0.15) is 11.6 Å². The summed E-state index contributed by atoms with van der Waals surface area (Å²) in [6.07, 6.45) is 2.62. The number of nitrogens with zero attached hydrogens (tertiary/aromatic N) is 3. The van der Waals surface area contributed by atoms with Crippen molar-refractivity contribution in [3.63, 3.8) is 0 Å². The molecule has 7 heteroatoms. The minimum Gasteiger partial charge on any atom is -0.506 e. The Labute approximate surface area is 95.2 Å². The highest BCUT2D eigenvalue weighted by Crippen LogP contribution is 2.13. The third-order valence-corrected chi connectivity index (χ3v) is 2.46. The van der Waals surface area contributed by atoms with Crippen molar-refractivity contribution in [2.45, 2.75) is 6.92 Å². The number of hydrogen-bond acceptors (Lipinski definition) is 6. The van der Waals surface area contributed by atoms with Gasteiger partial charge in [-0.15, -0.1) is 0 Å². The first-order valence-electron chi connectivity index (χ1n) is 4.41. The summed E-state index contributed by atoms with van der Waals surface area (Å²) in [6.45, 7) is 1.74. The van der Waals surface area contributed by atoms with Crippen LogP contribution < -0.4 is 5.32 Å². The topological polar surface area (TPSA) is 88.0 Å². The molecule has 0 spiro atoms. The third kappa shape index (κ3) is 2.31. The molecule has 0 aromatic carbocycles. The number of pyridine rings is 1. The predicted molar refractivity (Wildman–Crippen MR) is 58.5 cm³/mol. The van der Waals surface area contributed by atoms with E-state index in [-0.39, 0.29) is 17.2 Å². The molecule has 2 heterocycles. The quantitative estimate of drug-likeness (QED) is 0.818. The number of aromatic hydroxyl groups is 1. The van der Waals surface area contributed by atoms with Crippen LogP contribution in [0.3, 0.4) is 0 Å². The summed E-state index contributed by atoms with van der Waals surface area (Å²) >= 11 is 1.10. The third-order valence-electron chi connectivity index (χ3n) is 1.73. The first kappa shape index (κ1) is 10.5. The number of carbonyl (C=O) groups is 1. The van der Waals surface area contributed by atoms with Crippen LogP contribution in [0.5, 0.6) is 5.75 Å². The summed E-state index contributed by atoms with van der Waals surface area (Å²) in [7, 11) is 0. The highest BCUT2D eigenvalue weighted by molar-refractivity contribution is 7.09. The molecule has 0 saturated heterocycles. The number of hydrogen-bond donors (Lipinski definition) is 2. The molecule has 2 N–H and O–H groups in total. The monoisotopic (exact) mass is 236 g/mol. The van der Waals surface area contributed by atoms with E-state index >= 15 is 0 Å². The highest BCUT2D eigenvalue weighted by Gasteiger charge is 2.09. The molecule has 16 heavy (non-hydrogen) atoms. The van der Waals surface area contributed by atoms with Crippen molar-refractivity contribution >= 4 is 22.6 Å². The summed E-state index contributed by atoms with van der Waals surface area (Å²) in [4.78, 5) is 19.4. The van der Waals surface area contributed by atoms with E-state index in [2.05, 4.69) is 19.7 Å². The van der Waals surface area contributed by atoms with Crippen molar-refractivity contribution < 1.29 is 9.90 Å². The van der Waals surface area contributed by atoms with Crippen LogP contribution in [0.1, 0.15) is 16.2 Å². The zero-order valence-corrected chi connectivity index (χ0v) is 9.15. The zero-order chi connectivity index (χ0) is 11.5. The molecule has 0 saturated carbocycles. The molecular formula is C9H8N4O2S. The first-order chi connectivity index (χ1) is 7.65. The highest BCUT2D eigenvalue weighted by atomic mass is 32.1. The van der Waals surface area contributed by atoms with Crippen LogP contribution >= 0.6 is 11.5 Å². The number of aromatic nitrogens is 3. The van der Waals surface area contributed by atoms with Gasteiger partial charge in [0.2, 0.25) is 5.13 Å². The molecule has 0 atom stereocenters. The van der Waals surface area contributed by atoms with E-state index < -0.39 is 0 Å².